The fourth-order valence-electron chi connectivity index (χ4n) is 7.21. The molecular formula is C46H43N3O18. The van der Waals surface area contributed by atoms with E-state index < -0.39 is 84.2 Å². The molecule has 1 saturated heterocycles. The van der Waals surface area contributed by atoms with Crippen molar-refractivity contribution in [1.29, 1.82) is 0 Å². The number of amides is 2. The molecule has 21 heteroatoms. The Hall–Kier alpha value is -8.33. The van der Waals surface area contributed by atoms with Gasteiger partial charge in [-0.25, -0.2) is 14.4 Å². The van der Waals surface area contributed by atoms with E-state index >= 15 is 0 Å². The van der Waals surface area contributed by atoms with Crippen LogP contribution in [0.4, 0.5) is 21.0 Å². The van der Waals surface area contributed by atoms with Crippen LogP contribution >= 0.6 is 0 Å². The Labute approximate surface area is 381 Å². The number of non-ortho nitro benzene ring substituents is 1. The van der Waals surface area contributed by atoms with Gasteiger partial charge in [0.05, 0.1) is 17.7 Å². The summed E-state index contributed by atoms with van der Waals surface area (Å²) >= 11 is 0. The summed E-state index contributed by atoms with van der Waals surface area (Å²) in [4.78, 5) is 98.9. The maximum Gasteiger partial charge on any atom is 0.514 e. The lowest BCUT2D eigenvalue weighted by Gasteiger charge is -2.43. The van der Waals surface area contributed by atoms with Gasteiger partial charge in [0.1, 0.15) is 31.3 Å². The van der Waals surface area contributed by atoms with Gasteiger partial charge in [0.15, 0.2) is 18.3 Å². The van der Waals surface area contributed by atoms with Crippen molar-refractivity contribution in [3.05, 3.63) is 124 Å². The van der Waals surface area contributed by atoms with Gasteiger partial charge < -0.3 is 53.3 Å². The van der Waals surface area contributed by atoms with Gasteiger partial charge in [0.25, 0.3) is 5.69 Å². The Morgan fingerprint density at radius 1 is 0.761 bits per heavy atom. The maximum atomic E-state index is 13.5. The number of carbonyl (C=O) groups excluding carboxylic acids is 7. The topological polar surface area (TPSA) is 270 Å². The molecule has 6 rings (SSSR count). The average Bonchev–Trinajstić information content (AvgIpc) is 3.61. The van der Waals surface area contributed by atoms with Crippen LogP contribution in [0.3, 0.4) is 0 Å². The zero-order chi connectivity index (χ0) is 48.2. The highest BCUT2D eigenvalue weighted by molar-refractivity contribution is 5.95. The third kappa shape index (κ3) is 12.5. The number of ether oxygens (including phenoxy) is 9. The third-order valence-electron chi connectivity index (χ3n) is 9.95. The van der Waals surface area contributed by atoms with Crippen LogP contribution in [0.1, 0.15) is 43.4 Å². The number of anilines is 1. The molecule has 1 aliphatic heterocycles. The monoisotopic (exact) mass is 925 g/mol. The number of nitrogens with zero attached hydrogens (tertiary/aromatic N) is 1. The summed E-state index contributed by atoms with van der Waals surface area (Å²) < 4.78 is 48.7. The lowest BCUT2D eigenvalue weighted by Crippen LogP contribution is -2.64. The fraction of sp³-hybridized carbons (Fsp3) is 0.283. The quantitative estimate of drug-likeness (QED) is 0.0470. The second-order valence-electron chi connectivity index (χ2n) is 14.6. The molecule has 0 saturated carbocycles. The van der Waals surface area contributed by atoms with Crippen molar-refractivity contribution >= 4 is 59.5 Å². The Morgan fingerprint density at radius 2 is 1.37 bits per heavy atom. The van der Waals surface area contributed by atoms with E-state index in [4.69, 9.17) is 42.6 Å². The van der Waals surface area contributed by atoms with Crippen LogP contribution in [0, 0.1) is 10.1 Å². The number of hydrogen-bond acceptors (Lipinski definition) is 18. The molecule has 0 bridgehead atoms. The van der Waals surface area contributed by atoms with Gasteiger partial charge in [-0.05, 0) is 58.2 Å². The van der Waals surface area contributed by atoms with Crippen molar-refractivity contribution in [1.82, 2.24) is 5.32 Å². The van der Waals surface area contributed by atoms with Crippen LogP contribution in [0.15, 0.2) is 97.1 Å². The van der Waals surface area contributed by atoms with Crippen molar-refractivity contribution in [3.63, 3.8) is 0 Å². The zero-order valence-electron chi connectivity index (χ0n) is 36.2. The van der Waals surface area contributed by atoms with Crippen molar-refractivity contribution < 1.29 is 81.1 Å². The van der Waals surface area contributed by atoms with Crippen LogP contribution in [0.2, 0.25) is 0 Å². The maximum absolute atomic E-state index is 13.5. The van der Waals surface area contributed by atoms with Gasteiger partial charge >= 0.3 is 36.1 Å². The Morgan fingerprint density at radius 3 is 1.99 bits per heavy atom. The number of hydrogen-bond donors (Lipinski definition) is 2. The van der Waals surface area contributed by atoms with Crippen molar-refractivity contribution in [2.24, 2.45) is 0 Å². The van der Waals surface area contributed by atoms with Gasteiger partial charge in [0, 0.05) is 38.8 Å². The molecule has 0 aromatic heterocycles. The molecule has 21 nitrogen and oxygen atoms in total. The van der Waals surface area contributed by atoms with E-state index in [0.717, 1.165) is 62.3 Å². The molecule has 67 heavy (non-hydrogen) atoms. The minimum absolute atomic E-state index is 0.000498. The second-order valence-corrected chi connectivity index (χ2v) is 14.6. The number of nitro benzene ring substituents is 1. The number of fused-ring (bicyclic) bond motifs is 3. The van der Waals surface area contributed by atoms with E-state index in [0.29, 0.717) is 5.56 Å². The molecule has 2 amide bonds. The highest BCUT2D eigenvalue weighted by atomic mass is 16.7. The minimum atomic E-state index is -1.80. The fourth-order valence-corrected chi connectivity index (χ4v) is 7.21. The molecule has 1 aliphatic carbocycles. The molecule has 4 aromatic carbocycles. The minimum Gasteiger partial charge on any atom is -0.467 e. The van der Waals surface area contributed by atoms with E-state index in [1.54, 1.807) is 0 Å². The van der Waals surface area contributed by atoms with Gasteiger partial charge in [-0.3, -0.25) is 29.3 Å². The summed E-state index contributed by atoms with van der Waals surface area (Å²) in [7, 11) is 1.02. The number of nitrogens with one attached hydrogen (secondary N) is 2. The Kier molecular flexibility index (Phi) is 15.8. The number of nitro groups is 1. The summed E-state index contributed by atoms with van der Waals surface area (Å²) in [6.07, 6.45) is -7.72. The van der Waals surface area contributed by atoms with Crippen LogP contribution in [-0.4, -0.2) is 105 Å². The zero-order valence-corrected chi connectivity index (χ0v) is 36.2. The molecular weight excluding hydrogens is 883 g/mol. The van der Waals surface area contributed by atoms with Gasteiger partial charge in [-0.1, -0.05) is 60.7 Å². The predicted molar refractivity (Wildman–Crippen MR) is 230 cm³/mol. The molecule has 1 fully saturated rings. The second kappa shape index (κ2) is 22.0. The van der Waals surface area contributed by atoms with Crippen LogP contribution in [0.25, 0.3) is 17.2 Å². The average molecular weight is 926 g/mol. The molecule has 0 radical (unpaired) electrons. The van der Waals surface area contributed by atoms with E-state index in [9.17, 15) is 43.7 Å². The molecule has 2 aliphatic rings. The lowest BCUT2D eigenvalue weighted by atomic mass is 9.97. The SMILES string of the molecule is COC(=O)[C@H]1O[C@@H](Oc2ccc(/C=C/COC(=O)Oc3ccc([N+](=O)[O-])cc3)cc2NC(=O)CNC(=O)OCC2c3ccccc3-c3ccccc32)[C@H](OC(C)=O)[C@@H](OC(C)=O)[C@@H]1OC(C)=O. The van der Waals surface area contributed by atoms with Crippen LogP contribution in [-0.2, 0) is 57.1 Å². The van der Waals surface area contributed by atoms with E-state index in [1.165, 1.54) is 42.5 Å². The van der Waals surface area contributed by atoms with Crippen molar-refractivity contribution in [2.75, 3.05) is 32.2 Å². The standard InChI is InChI=1S/C46H43N3O18/c1-25(50)62-39-40(63-26(2)51)42(64-27(3)52)44(67-41(39)43(54)59-4)66-37-20-15-28(10-9-21-60-46(56)65-30-18-16-29(17-19-30)49(57)58)22-36(37)48-38(53)23-47-45(55)61-24-35-33-13-7-5-11-31(33)32-12-6-8-14-34(32)35/h5-20,22,35,39-42,44H,21,23-24H2,1-4H3,(H,47,55)(H,48,53)/b10-9+/t39-,40-,41-,42+,44+/m0/s1. The number of methoxy groups -OCH3 is 1. The third-order valence-corrected chi connectivity index (χ3v) is 9.95. The molecule has 0 unspecified atom stereocenters. The lowest BCUT2D eigenvalue weighted by molar-refractivity contribution is -0.384. The largest absolute Gasteiger partial charge is 0.514 e. The van der Waals surface area contributed by atoms with Crippen molar-refractivity contribution in [3.8, 4) is 22.6 Å². The van der Waals surface area contributed by atoms with E-state index in [-0.39, 0.29) is 42.0 Å². The van der Waals surface area contributed by atoms with Crippen molar-refractivity contribution in [2.45, 2.75) is 57.4 Å². The van der Waals surface area contributed by atoms with E-state index in [2.05, 4.69) is 10.6 Å². The van der Waals surface area contributed by atoms with Gasteiger partial charge in [-0.2, -0.15) is 0 Å². The first-order chi connectivity index (χ1) is 32.1. The first kappa shape index (κ1) is 48.1. The summed E-state index contributed by atoms with van der Waals surface area (Å²) in [6, 6.07) is 24.5. The molecule has 4 aromatic rings. The van der Waals surface area contributed by atoms with Crippen LogP contribution < -0.4 is 20.1 Å². The molecule has 350 valence electrons. The smallest absolute Gasteiger partial charge is 0.467 e. The predicted octanol–water partition coefficient (Wildman–Crippen LogP) is 5.37. The van der Waals surface area contributed by atoms with Crippen LogP contribution in [0.5, 0.6) is 11.5 Å². The summed E-state index contributed by atoms with van der Waals surface area (Å²) in [5.74, 6) is -5.01. The highest BCUT2D eigenvalue weighted by Crippen LogP contribution is 2.44. The summed E-state index contributed by atoms with van der Waals surface area (Å²) in [5.41, 5.74) is 4.12. The molecule has 5 atom stereocenters. The number of esters is 4. The summed E-state index contributed by atoms with van der Waals surface area (Å²) in [5, 5.41) is 16.0. The van der Waals surface area contributed by atoms with E-state index in [1.807, 2.05) is 48.5 Å². The Bertz CT molecular complexity index is 2520. The normalized spacial score (nSPS) is 18.2. The first-order valence-electron chi connectivity index (χ1n) is 20.3. The summed E-state index contributed by atoms with van der Waals surface area (Å²) in [6.45, 7) is 2.15. The Balaban J connectivity index is 1.20. The molecule has 2 N–H and O–H groups in total. The first-order valence-corrected chi connectivity index (χ1v) is 20.3. The van der Waals surface area contributed by atoms with Gasteiger partial charge in [0.2, 0.25) is 18.3 Å². The number of rotatable bonds is 16. The molecule has 1 heterocycles. The number of benzene rings is 4. The number of alkyl carbamates (subject to hydrolysis) is 1. The number of carbonyl (C=O) groups is 7. The molecule has 0 spiro atoms. The van der Waals surface area contributed by atoms with Gasteiger partial charge in [-0.15, -0.1) is 0 Å². The highest BCUT2D eigenvalue weighted by Gasteiger charge is 2.56.